The Morgan fingerprint density at radius 2 is 1.65 bits per heavy atom. The SMILES string of the molecule is CCOC(=O)Cn1c(=NS(=O)(=O)c2ccc(OC)cc2)sc2c(OC)ccc(OC)c21. The third-order valence-electron chi connectivity index (χ3n) is 4.34. The Bertz CT molecular complexity index is 1260. The zero-order valence-corrected chi connectivity index (χ0v) is 19.1. The van der Waals surface area contributed by atoms with Gasteiger partial charge in [-0.2, -0.15) is 8.42 Å². The van der Waals surface area contributed by atoms with Crippen molar-refractivity contribution < 1.29 is 32.2 Å². The summed E-state index contributed by atoms with van der Waals surface area (Å²) in [5.74, 6) is 0.935. The first-order valence-electron chi connectivity index (χ1n) is 9.19. The Balaban J connectivity index is 2.27. The topological polar surface area (TPSA) is 105 Å². The molecule has 9 nitrogen and oxygen atoms in total. The smallest absolute Gasteiger partial charge is 0.326 e. The number of esters is 1. The van der Waals surface area contributed by atoms with Crippen LogP contribution in [0.4, 0.5) is 0 Å². The van der Waals surface area contributed by atoms with Crippen LogP contribution in [0.2, 0.25) is 0 Å². The van der Waals surface area contributed by atoms with Crippen LogP contribution in [0.1, 0.15) is 6.92 Å². The standard InChI is InChI=1S/C20H22N2O7S2/c1-5-29-17(23)12-22-18-15(27-3)10-11-16(28-4)19(18)30-20(22)21-31(24,25)14-8-6-13(26-2)7-9-14/h6-11H,5,12H2,1-4H3. The number of benzene rings is 2. The lowest BCUT2D eigenvalue weighted by atomic mass is 10.3. The molecule has 3 aromatic rings. The van der Waals surface area contributed by atoms with Crippen molar-refractivity contribution in [3.63, 3.8) is 0 Å². The Kier molecular flexibility index (Phi) is 6.86. The minimum atomic E-state index is -4.07. The van der Waals surface area contributed by atoms with E-state index < -0.39 is 16.0 Å². The molecule has 0 aliphatic heterocycles. The van der Waals surface area contributed by atoms with Gasteiger partial charge in [0.2, 0.25) is 4.80 Å². The van der Waals surface area contributed by atoms with Crippen LogP contribution in [0.3, 0.4) is 0 Å². The number of nitrogens with zero attached hydrogens (tertiary/aromatic N) is 2. The van der Waals surface area contributed by atoms with Gasteiger partial charge in [-0.3, -0.25) is 4.79 Å². The summed E-state index contributed by atoms with van der Waals surface area (Å²) in [5.41, 5.74) is 0.489. The van der Waals surface area contributed by atoms with Gasteiger partial charge in [0.1, 0.15) is 34.0 Å². The molecule has 0 aliphatic rings. The first kappa shape index (κ1) is 22.6. The number of ether oxygens (including phenoxy) is 4. The summed E-state index contributed by atoms with van der Waals surface area (Å²) < 4.78 is 53.0. The van der Waals surface area contributed by atoms with Crippen molar-refractivity contribution in [3.8, 4) is 17.2 Å². The maximum atomic E-state index is 13.0. The van der Waals surface area contributed by atoms with Crippen LogP contribution in [-0.4, -0.2) is 46.9 Å². The van der Waals surface area contributed by atoms with E-state index in [1.165, 1.54) is 50.2 Å². The number of methoxy groups -OCH3 is 3. The van der Waals surface area contributed by atoms with E-state index in [1.54, 1.807) is 19.1 Å². The Morgan fingerprint density at radius 1 is 1.00 bits per heavy atom. The quantitative estimate of drug-likeness (QED) is 0.470. The van der Waals surface area contributed by atoms with Gasteiger partial charge >= 0.3 is 5.97 Å². The van der Waals surface area contributed by atoms with Crippen LogP contribution in [0, 0.1) is 0 Å². The van der Waals surface area contributed by atoms with Crippen molar-refractivity contribution in [1.29, 1.82) is 0 Å². The Morgan fingerprint density at radius 3 is 2.23 bits per heavy atom. The maximum Gasteiger partial charge on any atom is 0.326 e. The zero-order valence-electron chi connectivity index (χ0n) is 17.4. The highest BCUT2D eigenvalue weighted by Crippen LogP contribution is 2.35. The fraction of sp³-hybridized carbons (Fsp3) is 0.300. The molecular weight excluding hydrogens is 444 g/mol. The number of thiazole rings is 1. The third kappa shape index (κ3) is 4.67. The molecule has 1 aromatic heterocycles. The van der Waals surface area contributed by atoms with Crippen molar-refractivity contribution in [1.82, 2.24) is 4.57 Å². The van der Waals surface area contributed by atoms with E-state index in [-0.39, 0.29) is 22.8 Å². The van der Waals surface area contributed by atoms with Crippen LogP contribution >= 0.6 is 11.3 Å². The molecule has 0 fully saturated rings. The molecular formula is C20H22N2O7S2. The van der Waals surface area contributed by atoms with E-state index in [4.69, 9.17) is 18.9 Å². The number of rotatable bonds is 8. The van der Waals surface area contributed by atoms with Gasteiger partial charge in [0, 0.05) is 0 Å². The van der Waals surface area contributed by atoms with E-state index in [0.29, 0.717) is 27.5 Å². The number of hydrogen-bond acceptors (Lipinski definition) is 8. The van der Waals surface area contributed by atoms with Crippen molar-refractivity contribution in [2.24, 2.45) is 4.40 Å². The van der Waals surface area contributed by atoms with Gasteiger partial charge in [-0.15, -0.1) is 4.40 Å². The molecule has 0 spiro atoms. The molecule has 0 unspecified atom stereocenters. The molecule has 0 bridgehead atoms. The van der Waals surface area contributed by atoms with E-state index in [2.05, 4.69) is 4.40 Å². The molecule has 2 aromatic carbocycles. The molecule has 0 N–H and O–H groups in total. The fourth-order valence-electron chi connectivity index (χ4n) is 2.91. The van der Waals surface area contributed by atoms with Crippen LogP contribution in [-0.2, 0) is 26.1 Å². The lowest BCUT2D eigenvalue weighted by Gasteiger charge is -2.10. The summed E-state index contributed by atoms with van der Waals surface area (Å²) in [6.07, 6.45) is 0. The Hall–Kier alpha value is -3.05. The number of aromatic nitrogens is 1. The number of carbonyl (C=O) groups excluding carboxylic acids is 1. The fourth-order valence-corrected chi connectivity index (χ4v) is 5.25. The molecule has 1 heterocycles. The van der Waals surface area contributed by atoms with Crippen molar-refractivity contribution in [3.05, 3.63) is 41.2 Å². The summed E-state index contributed by atoms with van der Waals surface area (Å²) in [7, 11) is 0.406. The van der Waals surface area contributed by atoms with Crippen molar-refractivity contribution in [2.45, 2.75) is 18.4 Å². The second-order valence-electron chi connectivity index (χ2n) is 6.17. The van der Waals surface area contributed by atoms with E-state index in [1.807, 2.05) is 0 Å². The van der Waals surface area contributed by atoms with Gasteiger partial charge in [-0.05, 0) is 43.3 Å². The van der Waals surface area contributed by atoms with Gasteiger partial charge in [0.15, 0.2) is 0 Å². The molecule has 166 valence electrons. The third-order valence-corrected chi connectivity index (χ3v) is 6.83. The minimum absolute atomic E-state index is 0.00706. The van der Waals surface area contributed by atoms with Gasteiger partial charge in [0.25, 0.3) is 10.0 Å². The molecule has 3 rings (SSSR count). The Labute approximate surface area is 183 Å². The van der Waals surface area contributed by atoms with Crippen molar-refractivity contribution in [2.75, 3.05) is 27.9 Å². The predicted octanol–water partition coefficient (Wildman–Crippen LogP) is 2.58. The number of fused-ring (bicyclic) bond motifs is 1. The van der Waals surface area contributed by atoms with Crippen LogP contribution < -0.4 is 19.0 Å². The maximum absolute atomic E-state index is 13.0. The summed E-state index contributed by atoms with van der Waals surface area (Å²) in [4.78, 5) is 12.3. The summed E-state index contributed by atoms with van der Waals surface area (Å²) in [5, 5.41) is 0. The first-order valence-corrected chi connectivity index (χ1v) is 11.4. The van der Waals surface area contributed by atoms with Crippen LogP contribution in [0.25, 0.3) is 10.2 Å². The molecule has 31 heavy (non-hydrogen) atoms. The molecule has 0 amide bonds. The largest absolute Gasteiger partial charge is 0.497 e. The molecule has 0 atom stereocenters. The summed E-state index contributed by atoms with van der Waals surface area (Å²) in [6, 6.07) is 9.26. The molecule has 0 saturated carbocycles. The first-order chi connectivity index (χ1) is 14.8. The number of carbonyl (C=O) groups is 1. The number of sulfonamides is 1. The van der Waals surface area contributed by atoms with E-state index >= 15 is 0 Å². The van der Waals surface area contributed by atoms with Gasteiger partial charge < -0.3 is 23.5 Å². The van der Waals surface area contributed by atoms with Crippen LogP contribution in [0.15, 0.2) is 45.7 Å². The lowest BCUT2D eigenvalue weighted by molar-refractivity contribution is -0.143. The second-order valence-corrected chi connectivity index (χ2v) is 8.75. The van der Waals surface area contributed by atoms with Gasteiger partial charge in [-0.25, -0.2) is 0 Å². The van der Waals surface area contributed by atoms with Gasteiger partial charge in [-0.1, -0.05) is 11.3 Å². The predicted molar refractivity (Wildman–Crippen MR) is 115 cm³/mol. The molecule has 0 saturated heterocycles. The molecule has 0 aliphatic carbocycles. The summed E-state index contributed by atoms with van der Waals surface area (Å²) >= 11 is 1.07. The monoisotopic (exact) mass is 466 g/mol. The lowest BCUT2D eigenvalue weighted by Crippen LogP contribution is -2.23. The molecule has 11 heteroatoms. The zero-order chi connectivity index (χ0) is 22.6. The van der Waals surface area contributed by atoms with E-state index in [0.717, 1.165) is 11.3 Å². The highest BCUT2D eigenvalue weighted by molar-refractivity contribution is 7.90. The number of hydrogen-bond donors (Lipinski definition) is 0. The van der Waals surface area contributed by atoms with Gasteiger partial charge in [0.05, 0.1) is 32.8 Å². The average molecular weight is 467 g/mol. The minimum Gasteiger partial charge on any atom is -0.497 e. The van der Waals surface area contributed by atoms with Crippen LogP contribution in [0.5, 0.6) is 17.2 Å². The average Bonchev–Trinajstić information content (AvgIpc) is 3.10. The highest BCUT2D eigenvalue weighted by Gasteiger charge is 2.21. The second kappa shape index (κ2) is 9.40. The normalized spacial score (nSPS) is 12.1. The highest BCUT2D eigenvalue weighted by atomic mass is 32.2. The van der Waals surface area contributed by atoms with Crippen molar-refractivity contribution >= 4 is 37.5 Å². The van der Waals surface area contributed by atoms with E-state index in [9.17, 15) is 13.2 Å². The summed E-state index contributed by atoms with van der Waals surface area (Å²) in [6.45, 7) is 1.64. The molecule has 0 radical (unpaired) electrons.